The number of benzene rings is 1. The maximum absolute atomic E-state index is 12.8. The summed E-state index contributed by atoms with van der Waals surface area (Å²) < 4.78 is 5.35. The van der Waals surface area contributed by atoms with Gasteiger partial charge in [-0.05, 0) is 25.0 Å². The number of hydrogen-bond donors (Lipinski definition) is 2. The average Bonchev–Trinajstić information content (AvgIpc) is 3.32. The summed E-state index contributed by atoms with van der Waals surface area (Å²) in [5.74, 6) is 1.43. The van der Waals surface area contributed by atoms with E-state index in [1.165, 1.54) is 0 Å². The molecule has 2 heterocycles. The minimum Gasteiger partial charge on any atom is -0.496 e. The van der Waals surface area contributed by atoms with Gasteiger partial charge in [-0.3, -0.25) is 14.7 Å². The molecule has 2 unspecified atom stereocenters. The third kappa shape index (κ3) is 4.10. The number of rotatable bonds is 6. The van der Waals surface area contributed by atoms with E-state index in [9.17, 15) is 9.59 Å². The molecule has 2 N–H and O–H groups in total. The van der Waals surface area contributed by atoms with Crippen LogP contribution in [-0.4, -0.2) is 59.1 Å². The zero-order chi connectivity index (χ0) is 19.4. The molecule has 1 fully saturated rings. The molecule has 1 aromatic carbocycles. The zero-order valence-corrected chi connectivity index (χ0v) is 15.9. The average molecular weight is 371 g/mol. The number of para-hydroxylation sites is 1. The van der Waals surface area contributed by atoms with Crippen LogP contribution in [0.1, 0.15) is 29.6 Å². The predicted octanol–water partition coefficient (Wildman–Crippen LogP) is 1.04. The Morgan fingerprint density at radius 1 is 1.33 bits per heavy atom. The van der Waals surface area contributed by atoms with E-state index in [1.807, 2.05) is 31.2 Å². The summed E-state index contributed by atoms with van der Waals surface area (Å²) >= 11 is 0. The fourth-order valence-electron chi connectivity index (χ4n) is 3.56. The highest BCUT2D eigenvalue weighted by Gasteiger charge is 2.41. The van der Waals surface area contributed by atoms with Crippen molar-refractivity contribution in [3.63, 3.8) is 0 Å². The van der Waals surface area contributed by atoms with Crippen LogP contribution in [-0.2, 0) is 16.0 Å². The third-order valence-corrected chi connectivity index (χ3v) is 5.00. The molecule has 0 bridgehead atoms. The van der Waals surface area contributed by atoms with Gasteiger partial charge in [0.15, 0.2) is 5.82 Å². The van der Waals surface area contributed by atoms with Crippen molar-refractivity contribution in [2.75, 3.05) is 27.2 Å². The molecule has 1 aromatic heterocycles. The van der Waals surface area contributed by atoms with Gasteiger partial charge in [0.1, 0.15) is 11.6 Å². The fourth-order valence-corrected chi connectivity index (χ4v) is 3.56. The predicted molar refractivity (Wildman–Crippen MR) is 99.3 cm³/mol. The highest BCUT2D eigenvalue weighted by Crippen LogP contribution is 2.31. The molecule has 8 heteroatoms. The van der Waals surface area contributed by atoms with Crippen molar-refractivity contribution in [2.45, 2.75) is 25.7 Å². The first-order valence-electron chi connectivity index (χ1n) is 9.03. The normalized spacial score (nSPS) is 19.1. The van der Waals surface area contributed by atoms with Gasteiger partial charge in [-0.25, -0.2) is 4.98 Å². The van der Waals surface area contributed by atoms with Gasteiger partial charge >= 0.3 is 0 Å². The van der Waals surface area contributed by atoms with Crippen molar-refractivity contribution < 1.29 is 14.3 Å². The summed E-state index contributed by atoms with van der Waals surface area (Å²) in [6, 6.07) is 7.69. The van der Waals surface area contributed by atoms with Crippen LogP contribution in [0.25, 0.3) is 0 Å². The smallest absolute Gasteiger partial charge is 0.225 e. The molecular weight excluding hydrogens is 346 g/mol. The van der Waals surface area contributed by atoms with Crippen molar-refractivity contribution in [3.05, 3.63) is 41.5 Å². The molecule has 1 saturated heterocycles. The lowest BCUT2D eigenvalue weighted by molar-refractivity contribution is -0.130. The zero-order valence-electron chi connectivity index (χ0n) is 15.9. The Balaban J connectivity index is 1.69. The molecule has 0 saturated carbocycles. The Morgan fingerprint density at radius 3 is 2.78 bits per heavy atom. The van der Waals surface area contributed by atoms with Crippen LogP contribution in [0, 0.1) is 12.8 Å². The molecule has 8 nitrogen and oxygen atoms in total. The number of H-pyrrole nitrogens is 1. The third-order valence-electron chi connectivity index (χ3n) is 5.00. The number of aryl methyl sites for hydroxylation is 2. The molecule has 1 aliphatic rings. The van der Waals surface area contributed by atoms with Gasteiger partial charge in [-0.15, -0.1) is 0 Å². The second-order valence-corrected chi connectivity index (χ2v) is 6.72. The molecule has 2 atom stereocenters. The molecule has 3 rings (SSSR count). The van der Waals surface area contributed by atoms with Crippen molar-refractivity contribution in [1.82, 2.24) is 25.4 Å². The second-order valence-electron chi connectivity index (χ2n) is 6.72. The number of hydrogen-bond acceptors (Lipinski definition) is 5. The van der Waals surface area contributed by atoms with Crippen LogP contribution in [0.2, 0.25) is 0 Å². The first-order valence-corrected chi connectivity index (χ1v) is 9.03. The molecule has 144 valence electrons. The van der Waals surface area contributed by atoms with E-state index < -0.39 is 0 Å². The number of carbonyl (C=O) groups excluding carboxylic acids is 2. The first kappa shape index (κ1) is 18.9. The molecule has 27 heavy (non-hydrogen) atoms. The Morgan fingerprint density at radius 2 is 2.11 bits per heavy atom. The van der Waals surface area contributed by atoms with Gasteiger partial charge in [0, 0.05) is 26.6 Å². The van der Waals surface area contributed by atoms with Gasteiger partial charge in [-0.1, -0.05) is 18.2 Å². The lowest BCUT2D eigenvalue weighted by Gasteiger charge is -2.16. The van der Waals surface area contributed by atoms with Crippen LogP contribution in [0.4, 0.5) is 0 Å². The van der Waals surface area contributed by atoms with Gasteiger partial charge < -0.3 is 15.0 Å². The number of likely N-dealkylation sites (tertiary alicyclic amines) is 1. The van der Waals surface area contributed by atoms with Crippen LogP contribution in [0.3, 0.4) is 0 Å². The Bertz CT molecular complexity index is 819. The number of ether oxygens (including phenoxy) is 1. The highest BCUT2D eigenvalue weighted by molar-refractivity contribution is 5.83. The monoisotopic (exact) mass is 371 g/mol. The Hall–Kier alpha value is -2.90. The number of nitrogens with zero attached hydrogens (tertiary/aromatic N) is 3. The van der Waals surface area contributed by atoms with E-state index in [-0.39, 0.29) is 23.7 Å². The summed E-state index contributed by atoms with van der Waals surface area (Å²) in [5.41, 5.74) is 0.997. The van der Waals surface area contributed by atoms with Crippen molar-refractivity contribution in [1.29, 1.82) is 0 Å². The first-order chi connectivity index (χ1) is 13.0. The maximum atomic E-state index is 12.8. The van der Waals surface area contributed by atoms with Gasteiger partial charge in [0.05, 0.1) is 18.9 Å². The minimum absolute atomic E-state index is 0.0181. The largest absolute Gasteiger partial charge is 0.496 e. The van der Waals surface area contributed by atoms with Crippen LogP contribution in [0.15, 0.2) is 24.3 Å². The Labute approximate surface area is 158 Å². The summed E-state index contributed by atoms with van der Waals surface area (Å²) in [4.78, 5) is 31.2. The number of carbonyl (C=O) groups is 2. The number of aromatic amines is 1. The van der Waals surface area contributed by atoms with Gasteiger partial charge in [0.2, 0.25) is 11.8 Å². The van der Waals surface area contributed by atoms with Gasteiger partial charge in [0.25, 0.3) is 0 Å². The van der Waals surface area contributed by atoms with Crippen LogP contribution >= 0.6 is 0 Å². The maximum Gasteiger partial charge on any atom is 0.225 e. The minimum atomic E-state index is -0.347. The molecular formula is C19H25N5O3. The number of aromatic nitrogens is 3. The molecule has 0 radical (unpaired) electrons. The second kappa shape index (κ2) is 8.20. The highest BCUT2D eigenvalue weighted by atomic mass is 16.5. The Kier molecular flexibility index (Phi) is 5.73. The van der Waals surface area contributed by atoms with E-state index in [2.05, 4.69) is 20.5 Å². The van der Waals surface area contributed by atoms with Crippen LogP contribution in [0.5, 0.6) is 5.75 Å². The quantitative estimate of drug-likeness (QED) is 0.790. The standard InChI is InChI=1S/C19H25N5O3/c1-12-21-18(23-22-12)14-10-24(11-15(14)19(26)20-2)17(25)9-8-13-6-4-5-7-16(13)27-3/h4-7,14-15H,8-11H2,1-3H3,(H,20,26)(H,21,22,23). The van der Waals surface area contributed by atoms with Crippen molar-refractivity contribution in [2.24, 2.45) is 5.92 Å². The summed E-state index contributed by atoms with van der Waals surface area (Å²) in [5, 5.41) is 9.71. The topological polar surface area (TPSA) is 100 Å². The van der Waals surface area contributed by atoms with Crippen LogP contribution < -0.4 is 10.1 Å². The molecule has 1 aliphatic heterocycles. The molecule has 0 aliphatic carbocycles. The van der Waals surface area contributed by atoms with E-state index in [0.717, 1.165) is 11.3 Å². The summed E-state index contributed by atoms with van der Waals surface area (Å²) in [6.45, 7) is 2.64. The van der Waals surface area contributed by atoms with E-state index in [1.54, 1.807) is 19.1 Å². The lowest BCUT2D eigenvalue weighted by atomic mass is 9.94. The molecule has 0 spiro atoms. The number of nitrogens with one attached hydrogen (secondary N) is 2. The fraction of sp³-hybridized carbons (Fsp3) is 0.474. The number of amides is 2. The van der Waals surface area contributed by atoms with E-state index in [0.29, 0.717) is 37.6 Å². The molecule has 2 amide bonds. The van der Waals surface area contributed by atoms with E-state index >= 15 is 0 Å². The molecule has 2 aromatic rings. The lowest BCUT2D eigenvalue weighted by Crippen LogP contribution is -2.33. The summed E-state index contributed by atoms with van der Waals surface area (Å²) in [7, 11) is 3.23. The van der Waals surface area contributed by atoms with Crippen molar-refractivity contribution in [3.8, 4) is 5.75 Å². The SMILES string of the molecule is CNC(=O)C1CN(C(=O)CCc2ccccc2OC)CC1c1n[nH]c(C)n1. The summed E-state index contributed by atoms with van der Waals surface area (Å²) in [6.07, 6.45) is 0.953. The van der Waals surface area contributed by atoms with Gasteiger partial charge in [-0.2, -0.15) is 5.10 Å². The van der Waals surface area contributed by atoms with Crippen molar-refractivity contribution >= 4 is 11.8 Å². The van der Waals surface area contributed by atoms with E-state index in [4.69, 9.17) is 4.74 Å². The number of methoxy groups -OCH3 is 1.